The predicted octanol–water partition coefficient (Wildman–Crippen LogP) is 1.66. The van der Waals surface area contributed by atoms with Crippen LogP contribution in [0.1, 0.15) is 51.8 Å². The van der Waals surface area contributed by atoms with Crippen LogP contribution in [0.15, 0.2) is 52.6 Å². The van der Waals surface area contributed by atoms with E-state index in [2.05, 4.69) is 36.1 Å². The first-order chi connectivity index (χ1) is 16.3. The molecule has 12 nitrogen and oxygen atoms in total. The molecule has 4 heterocycles. The van der Waals surface area contributed by atoms with Gasteiger partial charge in [0.2, 0.25) is 5.75 Å². The number of hydrogen-bond acceptors (Lipinski definition) is 9. The zero-order valence-electron chi connectivity index (χ0n) is 18.5. The number of aryl methyl sites for hydroxylation is 1. The SMILES string of the molecule is C[C@@H](c1nc(C(=O)Nc2cnoc2)c(O)c(=O)n1C)[C@@H](c1cnn(C)c1)c1ccncc1C#N. The van der Waals surface area contributed by atoms with Crippen LogP contribution < -0.4 is 10.9 Å². The summed E-state index contributed by atoms with van der Waals surface area (Å²) in [6, 6.07) is 3.88. The highest BCUT2D eigenvalue weighted by molar-refractivity contribution is 6.04. The Kier molecular flexibility index (Phi) is 5.92. The maximum atomic E-state index is 12.8. The summed E-state index contributed by atoms with van der Waals surface area (Å²) in [6.07, 6.45) is 8.98. The van der Waals surface area contributed by atoms with Crippen LogP contribution in [-0.2, 0) is 14.1 Å². The Hall–Kier alpha value is -4.79. The van der Waals surface area contributed by atoms with E-state index in [9.17, 15) is 20.0 Å². The molecule has 2 atom stereocenters. The maximum Gasteiger partial charge on any atom is 0.296 e. The fourth-order valence-corrected chi connectivity index (χ4v) is 3.89. The van der Waals surface area contributed by atoms with Crippen LogP contribution in [0.3, 0.4) is 0 Å². The van der Waals surface area contributed by atoms with Crippen LogP contribution in [0.5, 0.6) is 5.75 Å². The van der Waals surface area contributed by atoms with E-state index in [1.807, 2.05) is 6.92 Å². The molecule has 12 heteroatoms. The van der Waals surface area contributed by atoms with Gasteiger partial charge in [0.05, 0.1) is 18.0 Å². The van der Waals surface area contributed by atoms with E-state index in [0.29, 0.717) is 11.1 Å². The second kappa shape index (κ2) is 8.99. The summed E-state index contributed by atoms with van der Waals surface area (Å²) >= 11 is 0. The Morgan fingerprint density at radius 1 is 1.29 bits per heavy atom. The number of carbonyl (C=O) groups excluding carboxylic acids is 1. The number of aromatic nitrogens is 6. The highest BCUT2D eigenvalue weighted by Crippen LogP contribution is 2.38. The van der Waals surface area contributed by atoms with Crippen LogP contribution in [0.25, 0.3) is 0 Å². The summed E-state index contributed by atoms with van der Waals surface area (Å²) in [6.45, 7) is 1.82. The van der Waals surface area contributed by atoms with Crippen LogP contribution in [0.4, 0.5) is 5.69 Å². The smallest absolute Gasteiger partial charge is 0.296 e. The van der Waals surface area contributed by atoms with Crippen molar-refractivity contribution in [3.8, 4) is 11.8 Å². The van der Waals surface area contributed by atoms with Crippen molar-refractivity contribution in [1.29, 1.82) is 5.26 Å². The minimum atomic E-state index is -0.800. The molecule has 4 aromatic heterocycles. The molecule has 0 aliphatic carbocycles. The number of rotatable bonds is 6. The molecule has 0 bridgehead atoms. The normalized spacial score (nSPS) is 12.6. The molecule has 0 aliphatic rings. The lowest BCUT2D eigenvalue weighted by Crippen LogP contribution is -2.29. The molecule has 4 rings (SSSR count). The molecule has 0 radical (unpaired) electrons. The number of anilines is 1. The van der Waals surface area contributed by atoms with E-state index >= 15 is 0 Å². The Balaban J connectivity index is 1.85. The average molecular weight is 460 g/mol. The number of amides is 1. The van der Waals surface area contributed by atoms with E-state index in [4.69, 9.17) is 0 Å². The molecule has 2 N–H and O–H groups in total. The van der Waals surface area contributed by atoms with E-state index < -0.39 is 34.7 Å². The average Bonchev–Trinajstić information content (AvgIpc) is 3.50. The first-order valence-corrected chi connectivity index (χ1v) is 10.1. The molecule has 0 aliphatic heterocycles. The van der Waals surface area contributed by atoms with Gasteiger partial charge in [0.1, 0.15) is 23.8 Å². The Labute approximate surface area is 193 Å². The number of nitriles is 1. The third kappa shape index (κ3) is 4.02. The number of hydrogen-bond donors (Lipinski definition) is 2. The van der Waals surface area contributed by atoms with Crippen molar-refractivity contribution >= 4 is 11.6 Å². The Bertz CT molecular complexity index is 1450. The van der Waals surface area contributed by atoms with Crippen molar-refractivity contribution < 1.29 is 14.4 Å². The van der Waals surface area contributed by atoms with Gasteiger partial charge in [-0.2, -0.15) is 10.4 Å². The monoisotopic (exact) mass is 460 g/mol. The minimum Gasteiger partial charge on any atom is -0.501 e. The van der Waals surface area contributed by atoms with Crippen molar-refractivity contribution in [2.24, 2.45) is 14.1 Å². The van der Waals surface area contributed by atoms with Crippen LogP contribution in [-0.4, -0.2) is 40.5 Å². The van der Waals surface area contributed by atoms with Crippen LogP contribution in [0, 0.1) is 11.3 Å². The standard InChI is InChI=1S/C22H20N8O4/c1-12(17(14-8-25-29(2)10-14)16-4-5-24-7-13(16)6-23)20-28-18(19(31)22(33)30(20)3)21(32)27-15-9-26-34-11-15/h4-5,7-12,17,31H,1-3H3,(H,27,32)/t12-,17+/m1/s1. The van der Waals surface area contributed by atoms with Gasteiger partial charge in [-0.25, -0.2) is 4.98 Å². The molecule has 172 valence electrons. The fraction of sp³-hybridized carbons (Fsp3) is 0.227. The second-order valence-electron chi connectivity index (χ2n) is 7.69. The van der Waals surface area contributed by atoms with Gasteiger partial charge in [-0.15, -0.1) is 0 Å². The van der Waals surface area contributed by atoms with Crippen molar-refractivity contribution in [3.63, 3.8) is 0 Å². The summed E-state index contributed by atoms with van der Waals surface area (Å²) in [7, 11) is 3.23. The summed E-state index contributed by atoms with van der Waals surface area (Å²) < 4.78 is 7.50. The van der Waals surface area contributed by atoms with Gasteiger partial charge in [-0.3, -0.25) is 23.8 Å². The van der Waals surface area contributed by atoms with Gasteiger partial charge in [0.25, 0.3) is 11.5 Å². The molecular formula is C22H20N8O4. The van der Waals surface area contributed by atoms with Gasteiger partial charge in [-0.1, -0.05) is 12.1 Å². The molecule has 0 aromatic carbocycles. The molecule has 34 heavy (non-hydrogen) atoms. The summed E-state index contributed by atoms with van der Waals surface area (Å²) in [4.78, 5) is 34.0. The quantitative estimate of drug-likeness (QED) is 0.435. The topological polar surface area (TPSA) is 165 Å². The largest absolute Gasteiger partial charge is 0.501 e. The van der Waals surface area contributed by atoms with E-state index in [-0.39, 0.29) is 11.5 Å². The highest BCUT2D eigenvalue weighted by atomic mass is 16.5. The molecule has 0 unspecified atom stereocenters. The van der Waals surface area contributed by atoms with Crippen molar-refractivity contribution in [2.45, 2.75) is 18.8 Å². The molecule has 1 amide bonds. The zero-order chi connectivity index (χ0) is 24.4. The number of carbonyl (C=O) groups is 1. The van der Waals surface area contributed by atoms with Gasteiger partial charge in [0.15, 0.2) is 5.69 Å². The summed E-state index contributed by atoms with van der Waals surface area (Å²) in [5.74, 6) is -2.33. The van der Waals surface area contributed by atoms with Gasteiger partial charge in [-0.05, 0) is 17.2 Å². The molecule has 4 aromatic rings. The zero-order valence-corrected chi connectivity index (χ0v) is 18.5. The number of nitrogens with one attached hydrogen (secondary N) is 1. The third-order valence-electron chi connectivity index (χ3n) is 5.51. The highest BCUT2D eigenvalue weighted by Gasteiger charge is 2.31. The Morgan fingerprint density at radius 3 is 2.74 bits per heavy atom. The first-order valence-electron chi connectivity index (χ1n) is 10.1. The number of pyridine rings is 1. The maximum absolute atomic E-state index is 12.8. The first kappa shape index (κ1) is 22.4. The molecular weight excluding hydrogens is 440 g/mol. The summed E-state index contributed by atoms with van der Waals surface area (Å²) in [5.41, 5.74) is 0.813. The van der Waals surface area contributed by atoms with Gasteiger partial charge in [0, 0.05) is 44.5 Å². The van der Waals surface area contributed by atoms with E-state index in [1.165, 1.54) is 30.3 Å². The lowest BCUT2D eigenvalue weighted by atomic mass is 9.81. The summed E-state index contributed by atoms with van der Waals surface area (Å²) in [5, 5.41) is 30.3. The lowest BCUT2D eigenvalue weighted by Gasteiger charge is -2.25. The van der Waals surface area contributed by atoms with Crippen molar-refractivity contribution in [1.82, 2.24) is 29.5 Å². The van der Waals surface area contributed by atoms with Gasteiger partial charge < -0.3 is 14.9 Å². The van der Waals surface area contributed by atoms with Crippen LogP contribution in [0.2, 0.25) is 0 Å². The van der Waals surface area contributed by atoms with E-state index in [1.54, 1.807) is 36.4 Å². The van der Waals surface area contributed by atoms with Gasteiger partial charge >= 0.3 is 0 Å². The van der Waals surface area contributed by atoms with E-state index in [0.717, 1.165) is 5.56 Å². The molecule has 0 saturated carbocycles. The molecule has 0 spiro atoms. The third-order valence-corrected chi connectivity index (χ3v) is 5.51. The number of nitrogens with zero attached hydrogens (tertiary/aromatic N) is 7. The molecule has 0 fully saturated rings. The molecule has 0 saturated heterocycles. The second-order valence-corrected chi connectivity index (χ2v) is 7.69. The minimum absolute atomic E-state index is 0.229. The van der Waals surface area contributed by atoms with Crippen LogP contribution >= 0.6 is 0 Å². The van der Waals surface area contributed by atoms with Crippen molar-refractivity contribution in [2.75, 3.05) is 5.32 Å². The lowest BCUT2D eigenvalue weighted by molar-refractivity contribution is 0.101. The fourth-order valence-electron chi connectivity index (χ4n) is 3.89. The van der Waals surface area contributed by atoms with Crippen molar-refractivity contribution in [3.05, 3.63) is 81.9 Å². The number of aromatic hydroxyl groups is 1. The Morgan fingerprint density at radius 2 is 2.09 bits per heavy atom. The predicted molar refractivity (Wildman–Crippen MR) is 118 cm³/mol.